The van der Waals surface area contributed by atoms with Gasteiger partial charge >= 0.3 is 0 Å². The zero-order chi connectivity index (χ0) is 14.3. The monoisotopic (exact) mass is 283 g/mol. The molecule has 0 fully saturated rings. The van der Waals surface area contributed by atoms with Gasteiger partial charge in [-0.1, -0.05) is 13.8 Å². The second kappa shape index (κ2) is 8.41. The molecule has 4 heteroatoms. The van der Waals surface area contributed by atoms with Gasteiger partial charge in [0.15, 0.2) is 5.78 Å². The van der Waals surface area contributed by atoms with Crippen LogP contribution in [-0.4, -0.2) is 28.1 Å². The van der Waals surface area contributed by atoms with Gasteiger partial charge in [0.25, 0.3) is 0 Å². The third-order valence-corrected chi connectivity index (χ3v) is 4.63. The summed E-state index contributed by atoms with van der Waals surface area (Å²) in [5, 5.41) is 17.6. The molecule has 0 aromatic rings. The highest BCUT2D eigenvalue weighted by Crippen LogP contribution is 2.33. The average Bonchev–Trinajstić information content (AvgIpc) is 2.33. The molecule has 0 saturated carbocycles. The maximum Gasteiger partial charge on any atom is 0.162 e. The Kier molecular flexibility index (Phi) is 7.21. The van der Waals surface area contributed by atoms with Crippen LogP contribution in [0.2, 0.25) is 0 Å². The standard InChI is InChI=1S/C15H25NO2S/c1-3-19-11(2)8-12-9-14(17)13(15(18)10-12)6-4-5-7-16/h7,11-12,16-17H,3-6,8-10H2,1-2H3. The first kappa shape index (κ1) is 16.3. The molecule has 2 N–H and O–H groups in total. The molecule has 0 bridgehead atoms. The van der Waals surface area contributed by atoms with E-state index < -0.39 is 0 Å². The summed E-state index contributed by atoms with van der Waals surface area (Å²) in [5.74, 6) is 1.82. The minimum absolute atomic E-state index is 0.118. The second-order valence-corrected chi connectivity index (χ2v) is 6.94. The Hall–Kier alpha value is -0.770. The summed E-state index contributed by atoms with van der Waals surface area (Å²) >= 11 is 1.91. The molecule has 0 aromatic heterocycles. The lowest BCUT2D eigenvalue weighted by molar-refractivity contribution is -0.117. The van der Waals surface area contributed by atoms with Crippen molar-refractivity contribution in [3.8, 4) is 0 Å². The van der Waals surface area contributed by atoms with Crippen LogP contribution in [-0.2, 0) is 4.79 Å². The lowest BCUT2D eigenvalue weighted by atomic mass is 9.83. The summed E-state index contributed by atoms with van der Waals surface area (Å²) < 4.78 is 0. The highest BCUT2D eigenvalue weighted by Gasteiger charge is 2.27. The first-order chi connectivity index (χ1) is 9.08. The third-order valence-electron chi connectivity index (χ3n) is 3.53. The van der Waals surface area contributed by atoms with Crippen molar-refractivity contribution in [1.29, 1.82) is 5.41 Å². The van der Waals surface area contributed by atoms with E-state index in [0.717, 1.165) is 18.6 Å². The topological polar surface area (TPSA) is 61.2 Å². The van der Waals surface area contributed by atoms with Gasteiger partial charge in [-0.25, -0.2) is 0 Å². The maximum atomic E-state index is 12.1. The van der Waals surface area contributed by atoms with Crippen molar-refractivity contribution in [3.05, 3.63) is 11.3 Å². The van der Waals surface area contributed by atoms with E-state index in [9.17, 15) is 9.90 Å². The minimum atomic E-state index is 0.118. The number of rotatable bonds is 8. The fourth-order valence-corrected chi connectivity index (χ4v) is 3.65. The molecule has 1 aliphatic carbocycles. The molecule has 0 aromatic carbocycles. The number of carbonyl (C=O) groups excluding carboxylic acids is 1. The van der Waals surface area contributed by atoms with Crippen LogP contribution in [0.15, 0.2) is 11.3 Å². The Morgan fingerprint density at radius 3 is 2.84 bits per heavy atom. The van der Waals surface area contributed by atoms with Gasteiger partial charge in [-0.05, 0) is 43.6 Å². The number of carbonyl (C=O) groups is 1. The Morgan fingerprint density at radius 1 is 1.53 bits per heavy atom. The molecular weight excluding hydrogens is 258 g/mol. The van der Waals surface area contributed by atoms with Crippen molar-refractivity contribution < 1.29 is 9.90 Å². The van der Waals surface area contributed by atoms with E-state index in [0.29, 0.717) is 48.2 Å². The first-order valence-electron chi connectivity index (χ1n) is 7.13. The number of hydrogen-bond donors (Lipinski definition) is 2. The molecule has 0 radical (unpaired) electrons. The fourth-order valence-electron chi connectivity index (χ4n) is 2.67. The zero-order valence-corrected chi connectivity index (χ0v) is 12.8. The molecule has 0 aliphatic heterocycles. The van der Waals surface area contributed by atoms with Crippen molar-refractivity contribution >= 4 is 23.8 Å². The van der Waals surface area contributed by atoms with Crippen LogP contribution in [0.4, 0.5) is 0 Å². The quantitative estimate of drug-likeness (QED) is 0.520. The van der Waals surface area contributed by atoms with E-state index in [4.69, 9.17) is 5.41 Å². The van der Waals surface area contributed by atoms with Crippen LogP contribution in [0, 0.1) is 11.3 Å². The smallest absolute Gasteiger partial charge is 0.162 e. The highest BCUT2D eigenvalue weighted by molar-refractivity contribution is 7.99. The Labute approximate surface area is 120 Å². The second-order valence-electron chi connectivity index (χ2n) is 5.22. The SMILES string of the molecule is CCSC(C)CC1CC(=O)C(CCCC=N)=C(O)C1. The molecule has 19 heavy (non-hydrogen) atoms. The fraction of sp³-hybridized carbons (Fsp3) is 0.733. The normalized spacial score (nSPS) is 21.6. The molecular formula is C15H25NO2S. The van der Waals surface area contributed by atoms with Crippen molar-refractivity contribution in [2.24, 2.45) is 5.92 Å². The van der Waals surface area contributed by atoms with Crippen LogP contribution in [0.25, 0.3) is 0 Å². The van der Waals surface area contributed by atoms with Crippen LogP contribution < -0.4 is 0 Å². The van der Waals surface area contributed by atoms with Gasteiger partial charge in [0, 0.05) is 23.7 Å². The molecule has 2 atom stereocenters. The van der Waals surface area contributed by atoms with Gasteiger partial charge < -0.3 is 10.5 Å². The predicted molar refractivity (Wildman–Crippen MR) is 82.2 cm³/mol. The number of thioether (sulfide) groups is 1. The molecule has 108 valence electrons. The molecule has 0 saturated heterocycles. The van der Waals surface area contributed by atoms with Crippen molar-refractivity contribution in [1.82, 2.24) is 0 Å². The number of Topliss-reactive ketones (excluding diaryl/α,β-unsaturated/α-hetero) is 1. The van der Waals surface area contributed by atoms with E-state index in [1.165, 1.54) is 6.21 Å². The maximum absolute atomic E-state index is 12.1. The summed E-state index contributed by atoms with van der Waals surface area (Å²) in [6.07, 6.45) is 5.67. The number of aliphatic hydroxyl groups excluding tert-OH is 1. The van der Waals surface area contributed by atoms with Crippen LogP contribution in [0.1, 0.15) is 52.4 Å². The van der Waals surface area contributed by atoms with Crippen LogP contribution in [0.5, 0.6) is 0 Å². The van der Waals surface area contributed by atoms with E-state index >= 15 is 0 Å². The van der Waals surface area contributed by atoms with E-state index in [1.54, 1.807) is 0 Å². The summed E-state index contributed by atoms with van der Waals surface area (Å²) in [5.41, 5.74) is 0.619. The van der Waals surface area contributed by atoms with E-state index in [-0.39, 0.29) is 5.78 Å². The molecule has 0 spiro atoms. The average molecular weight is 283 g/mol. The Balaban J connectivity index is 2.54. The van der Waals surface area contributed by atoms with Gasteiger partial charge in [-0.15, -0.1) is 0 Å². The molecule has 3 nitrogen and oxygen atoms in total. The lowest BCUT2D eigenvalue weighted by Gasteiger charge is -2.25. The number of allylic oxidation sites excluding steroid dienone is 2. The third kappa shape index (κ3) is 5.39. The van der Waals surface area contributed by atoms with Crippen LogP contribution >= 0.6 is 11.8 Å². The van der Waals surface area contributed by atoms with Gasteiger partial charge in [0.05, 0.1) is 5.76 Å². The highest BCUT2D eigenvalue weighted by atomic mass is 32.2. The number of aliphatic hydroxyl groups is 1. The summed E-state index contributed by atoms with van der Waals surface area (Å²) in [6, 6.07) is 0. The summed E-state index contributed by atoms with van der Waals surface area (Å²) in [4.78, 5) is 12.1. The summed E-state index contributed by atoms with van der Waals surface area (Å²) in [6.45, 7) is 4.34. The van der Waals surface area contributed by atoms with Gasteiger partial charge in [-0.2, -0.15) is 11.8 Å². The molecule has 1 rings (SSSR count). The molecule has 0 amide bonds. The van der Waals surface area contributed by atoms with Gasteiger partial charge in [0.1, 0.15) is 0 Å². The van der Waals surface area contributed by atoms with Crippen LogP contribution in [0.3, 0.4) is 0 Å². The first-order valence-corrected chi connectivity index (χ1v) is 8.18. The molecule has 1 aliphatic rings. The molecule has 0 heterocycles. The van der Waals surface area contributed by atoms with E-state index in [2.05, 4.69) is 13.8 Å². The predicted octanol–water partition coefficient (Wildman–Crippen LogP) is 4.13. The van der Waals surface area contributed by atoms with Crippen molar-refractivity contribution in [3.63, 3.8) is 0 Å². The lowest BCUT2D eigenvalue weighted by Crippen LogP contribution is -2.22. The van der Waals surface area contributed by atoms with Crippen molar-refractivity contribution in [2.45, 2.75) is 57.6 Å². The largest absolute Gasteiger partial charge is 0.512 e. The Bertz CT molecular complexity index is 352. The van der Waals surface area contributed by atoms with E-state index in [1.807, 2.05) is 11.8 Å². The minimum Gasteiger partial charge on any atom is -0.512 e. The van der Waals surface area contributed by atoms with Crippen molar-refractivity contribution in [2.75, 3.05) is 5.75 Å². The van der Waals surface area contributed by atoms with Gasteiger partial charge in [-0.3, -0.25) is 4.79 Å². The molecule has 2 unspecified atom stereocenters. The number of ketones is 1. The number of nitrogens with one attached hydrogen (secondary N) is 1. The Morgan fingerprint density at radius 2 is 2.26 bits per heavy atom. The number of unbranched alkanes of at least 4 members (excludes halogenated alkanes) is 1. The summed E-state index contributed by atoms with van der Waals surface area (Å²) in [7, 11) is 0. The zero-order valence-electron chi connectivity index (χ0n) is 11.9. The van der Waals surface area contributed by atoms with Gasteiger partial charge in [0.2, 0.25) is 0 Å². The number of hydrogen-bond acceptors (Lipinski definition) is 4.